The third-order valence-corrected chi connectivity index (χ3v) is 10.8. The minimum atomic E-state index is -4.40. The van der Waals surface area contributed by atoms with Crippen molar-refractivity contribution in [2.24, 2.45) is 5.73 Å². The number of allylic oxidation sites excluding steroid dienone is 3. The quantitative estimate of drug-likeness (QED) is 0.0234. The van der Waals surface area contributed by atoms with Crippen molar-refractivity contribution in [3.63, 3.8) is 0 Å². The molecule has 0 spiro atoms. The number of amides is 1. The van der Waals surface area contributed by atoms with Crippen molar-refractivity contribution in [3.05, 3.63) is 24.3 Å². The van der Waals surface area contributed by atoms with Crippen LogP contribution in [0.1, 0.15) is 206 Å². The highest BCUT2D eigenvalue weighted by Gasteiger charge is 2.27. The summed E-state index contributed by atoms with van der Waals surface area (Å²) in [6.45, 7) is 3.95. The van der Waals surface area contributed by atoms with E-state index >= 15 is 0 Å². The highest BCUT2D eigenvalue weighted by atomic mass is 31.2. The van der Waals surface area contributed by atoms with E-state index in [4.69, 9.17) is 14.8 Å². The fourth-order valence-electron chi connectivity index (χ4n) is 6.49. The molecule has 6 N–H and O–H groups in total. The zero-order valence-electron chi connectivity index (χ0n) is 34.4. The maximum Gasteiger partial charge on any atom is 0.472 e. The maximum absolute atomic E-state index is 12.8. The first kappa shape index (κ1) is 51.9. The van der Waals surface area contributed by atoms with Gasteiger partial charge in [0.15, 0.2) is 0 Å². The van der Waals surface area contributed by atoms with Crippen LogP contribution in [0.4, 0.5) is 0 Å². The van der Waals surface area contributed by atoms with Gasteiger partial charge in [-0.05, 0) is 32.1 Å². The highest BCUT2D eigenvalue weighted by Crippen LogP contribution is 2.43. The molecule has 0 aliphatic carbocycles. The van der Waals surface area contributed by atoms with Crippen molar-refractivity contribution in [1.82, 2.24) is 5.32 Å². The van der Waals surface area contributed by atoms with Crippen molar-refractivity contribution < 1.29 is 33.5 Å². The second kappa shape index (κ2) is 39.2. The Balaban J connectivity index is 4.34. The number of carbonyl (C=O) groups excluding carboxylic acids is 1. The third kappa shape index (κ3) is 37.6. The van der Waals surface area contributed by atoms with E-state index in [2.05, 4.69) is 31.3 Å². The van der Waals surface area contributed by atoms with Crippen LogP contribution in [0.2, 0.25) is 0 Å². The molecule has 0 aromatic carbocycles. The predicted molar refractivity (Wildman–Crippen MR) is 223 cm³/mol. The lowest BCUT2D eigenvalue weighted by Gasteiger charge is -2.24. The largest absolute Gasteiger partial charge is 0.472 e. The normalized spacial score (nSPS) is 14.9. The van der Waals surface area contributed by atoms with Gasteiger partial charge in [-0.15, -0.1) is 0 Å². The number of hydrogen-bond donors (Lipinski definition) is 5. The molecule has 314 valence electrons. The molecule has 0 bridgehead atoms. The van der Waals surface area contributed by atoms with Gasteiger partial charge in [-0.1, -0.05) is 192 Å². The highest BCUT2D eigenvalue weighted by molar-refractivity contribution is 7.47. The molecule has 0 fully saturated rings. The van der Waals surface area contributed by atoms with E-state index in [0.29, 0.717) is 12.8 Å². The Kier molecular flexibility index (Phi) is 38.4. The van der Waals surface area contributed by atoms with Gasteiger partial charge in [0.1, 0.15) is 0 Å². The summed E-state index contributed by atoms with van der Waals surface area (Å²) in [7, 11) is -4.40. The molecule has 0 aromatic rings. The number of hydrogen-bond acceptors (Lipinski definition) is 7. The Morgan fingerprint density at radius 2 is 1.08 bits per heavy atom. The summed E-state index contributed by atoms with van der Waals surface area (Å²) in [6.07, 6.45) is 41.3. The molecule has 53 heavy (non-hydrogen) atoms. The van der Waals surface area contributed by atoms with Crippen LogP contribution in [-0.4, -0.2) is 59.0 Å². The number of carbonyl (C=O) groups is 1. The molecule has 9 nitrogen and oxygen atoms in total. The number of nitrogens with two attached hydrogens (primary N) is 1. The molecule has 0 aliphatic rings. The third-order valence-electron chi connectivity index (χ3n) is 9.83. The van der Waals surface area contributed by atoms with Gasteiger partial charge < -0.3 is 26.2 Å². The average Bonchev–Trinajstić information content (AvgIpc) is 3.13. The standard InChI is InChI=1S/C43H85N2O7P/c1-3-5-7-9-11-13-15-16-17-18-19-20-21-22-23-25-27-29-31-33-35-42(47)41(39-52-53(49,50)51-37-36-44)45-43(48)38-40(46)34-32-30-28-26-24-14-12-10-8-6-4-2/h25,27,33,35,40-42,46-47H,3-24,26,28-32,34,36-39,44H2,1-2H3,(H,45,48)(H,49,50)/b27-25+,35-33+. The first-order valence-corrected chi connectivity index (χ1v) is 23.5. The molecule has 0 radical (unpaired) electrons. The van der Waals surface area contributed by atoms with Crippen LogP contribution in [0.5, 0.6) is 0 Å². The Hall–Kier alpha value is -1.06. The molecular weight excluding hydrogens is 687 g/mol. The lowest BCUT2D eigenvalue weighted by molar-refractivity contribution is -0.124. The SMILES string of the molecule is CCCCCCCCCCCCCCCC/C=C/CC/C=C/C(O)C(COP(=O)(O)OCCN)NC(=O)CC(O)CCCCCCCCCCCCC. The van der Waals surface area contributed by atoms with E-state index in [1.54, 1.807) is 6.08 Å². The summed E-state index contributed by atoms with van der Waals surface area (Å²) in [5.74, 6) is -0.455. The fourth-order valence-corrected chi connectivity index (χ4v) is 7.25. The number of phosphoric ester groups is 1. The second-order valence-electron chi connectivity index (χ2n) is 15.1. The van der Waals surface area contributed by atoms with Crippen LogP contribution < -0.4 is 11.1 Å². The average molecular weight is 773 g/mol. The van der Waals surface area contributed by atoms with Crippen molar-refractivity contribution in [2.45, 2.75) is 225 Å². The van der Waals surface area contributed by atoms with Crippen molar-refractivity contribution in [1.29, 1.82) is 0 Å². The molecule has 0 aliphatic heterocycles. The molecule has 0 aromatic heterocycles. The molecule has 4 atom stereocenters. The Bertz CT molecular complexity index is 904. The number of phosphoric acid groups is 1. The van der Waals surface area contributed by atoms with Crippen LogP contribution in [0.25, 0.3) is 0 Å². The summed E-state index contributed by atoms with van der Waals surface area (Å²) >= 11 is 0. The summed E-state index contributed by atoms with van der Waals surface area (Å²) in [5.41, 5.74) is 5.36. The van der Waals surface area contributed by atoms with Crippen LogP contribution in [0.3, 0.4) is 0 Å². The first-order valence-electron chi connectivity index (χ1n) is 22.0. The molecule has 0 rings (SSSR count). The van der Waals surface area contributed by atoms with E-state index in [1.165, 1.54) is 141 Å². The number of rotatable bonds is 41. The number of unbranched alkanes of at least 4 members (excludes halogenated alkanes) is 25. The van der Waals surface area contributed by atoms with E-state index in [-0.39, 0.29) is 19.6 Å². The van der Waals surface area contributed by atoms with Crippen LogP contribution >= 0.6 is 7.82 Å². The van der Waals surface area contributed by atoms with Gasteiger partial charge in [-0.2, -0.15) is 0 Å². The summed E-state index contributed by atoms with van der Waals surface area (Å²) in [5, 5.41) is 24.0. The fraction of sp³-hybridized carbons (Fsp3) is 0.884. The molecular formula is C43H85N2O7P. The van der Waals surface area contributed by atoms with Crippen LogP contribution in [-0.2, 0) is 18.4 Å². The van der Waals surface area contributed by atoms with Gasteiger partial charge in [0.25, 0.3) is 0 Å². The van der Waals surface area contributed by atoms with Crippen LogP contribution in [0.15, 0.2) is 24.3 Å². The molecule has 10 heteroatoms. The molecule has 4 unspecified atom stereocenters. The van der Waals surface area contributed by atoms with Crippen molar-refractivity contribution >= 4 is 13.7 Å². The Morgan fingerprint density at radius 1 is 0.642 bits per heavy atom. The van der Waals surface area contributed by atoms with Crippen LogP contribution in [0, 0.1) is 0 Å². The molecule has 0 saturated carbocycles. The number of aliphatic hydroxyl groups is 2. The molecule has 1 amide bonds. The van der Waals surface area contributed by atoms with Gasteiger partial charge in [0, 0.05) is 6.54 Å². The van der Waals surface area contributed by atoms with Gasteiger partial charge in [0.05, 0.1) is 37.9 Å². The van der Waals surface area contributed by atoms with Crippen molar-refractivity contribution in [2.75, 3.05) is 19.8 Å². The van der Waals surface area contributed by atoms with Crippen molar-refractivity contribution in [3.8, 4) is 0 Å². The minimum Gasteiger partial charge on any atom is -0.393 e. The predicted octanol–water partition coefficient (Wildman–Crippen LogP) is 11.1. The zero-order valence-corrected chi connectivity index (χ0v) is 35.3. The van der Waals surface area contributed by atoms with Gasteiger partial charge in [-0.3, -0.25) is 13.8 Å². The maximum atomic E-state index is 12.8. The lowest BCUT2D eigenvalue weighted by atomic mass is 10.0. The number of aliphatic hydroxyl groups excluding tert-OH is 2. The summed E-state index contributed by atoms with van der Waals surface area (Å²) < 4.78 is 22.0. The topological polar surface area (TPSA) is 151 Å². The second-order valence-corrected chi connectivity index (χ2v) is 16.5. The lowest BCUT2D eigenvalue weighted by Crippen LogP contribution is -2.46. The summed E-state index contributed by atoms with van der Waals surface area (Å²) in [6, 6.07) is -0.995. The first-order chi connectivity index (χ1) is 25.8. The van der Waals surface area contributed by atoms with Gasteiger partial charge in [-0.25, -0.2) is 4.57 Å². The smallest absolute Gasteiger partial charge is 0.393 e. The Labute approximate surface area is 326 Å². The Morgan fingerprint density at radius 3 is 1.57 bits per heavy atom. The molecule has 0 saturated heterocycles. The van der Waals surface area contributed by atoms with Gasteiger partial charge in [0.2, 0.25) is 5.91 Å². The minimum absolute atomic E-state index is 0.0460. The van der Waals surface area contributed by atoms with Gasteiger partial charge >= 0.3 is 7.82 Å². The zero-order chi connectivity index (χ0) is 39.1. The van der Waals surface area contributed by atoms with E-state index in [0.717, 1.165) is 32.1 Å². The number of nitrogens with one attached hydrogen (secondary N) is 1. The van der Waals surface area contributed by atoms with E-state index in [9.17, 15) is 24.5 Å². The van der Waals surface area contributed by atoms with E-state index in [1.807, 2.05) is 6.08 Å². The molecule has 0 heterocycles. The monoisotopic (exact) mass is 773 g/mol. The summed E-state index contributed by atoms with van der Waals surface area (Å²) in [4.78, 5) is 22.7. The van der Waals surface area contributed by atoms with E-state index < -0.39 is 38.6 Å².